The predicted molar refractivity (Wildman–Crippen MR) is 108 cm³/mol. The van der Waals surface area contributed by atoms with Gasteiger partial charge in [-0.15, -0.1) is 0 Å². The molecule has 0 aliphatic heterocycles. The molecule has 0 saturated carbocycles. The molecule has 1 heterocycles. The molecule has 0 fully saturated rings. The van der Waals surface area contributed by atoms with Gasteiger partial charge in [0.2, 0.25) is 5.91 Å². The van der Waals surface area contributed by atoms with Crippen LogP contribution in [0.1, 0.15) is 30.5 Å². The van der Waals surface area contributed by atoms with Gasteiger partial charge in [0.15, 0.2) is 0 Å². The smallest absolute Gasteiger partial charge is 0.306 e. The van der Waals surface area contributed by atoms with Crippen LogP contribution in [0.5, 0.6) is 5.75 Å². The molecular formula is C21H22N4O4. The van der Waals surface area contributed by atoms with E-state index in [2.05, 4.69) is 10.4 Å². The highest BCUT2D eigenvalue weighted by atomic mass is 16.6. The van der Waals surface area contributed by atoms with Crippen molar-refractivity contribution in [1.29, 1.82) is 0 Å². The van der Waals surface area contributed by atoms with Crippen molar-refractivity contribution in [2.24, 2.45) is 0 Å². The van der Waals surface area contributed by atoms with E-state index >= 15 is 0 Å². The van der Waals surface area contributed by atoms with E-state index in [1.54, 1.807) is 0 Å². The number of aromatic nitrogens is 2. The third-order valence-electron chi connectivity index (χ3n) is 4.36. The lowest BCUT2D eigenvalue weighted by atomic mass is 9.98. The van der Waals surface area contributed by atoms with E-state index in [0.717, 1.165) is 16.9 Å². The number of amides is 1. The average Bonchev–Trinajstić information content (AvgIpc) is 3.22. The molecule has 1 unspecified atom stereocenters. The number of carbonyl (C=O) groups is 1. The number of hydrogen-bond donors (Lipinski definition) is 1. The molecule has 1 aromatic heterocycles. The third-order valence-corrected chi connectivity index (χ3v) is 4.36. The van der Waals surface area contributed by atoms with Crippen LogP contribution in [0.2, 0.25) is 0 Å². The van der Waals surface area contributed by atoms with E-state index < -0.39 is 4.92 Å². The van der Waals surface area contributed by atoms with Crippen molar-refractivity contribution in [2.45, 2.75) is 25.9 Å². The highest BCUT2D eigenvalue weighted by Crippen LogP contribution is 2.24. The summed E-state index contributed by atoms with van der Waals surface area (Å²) in [5, 5.41) is 17.7. The Bertz CT molecular complexity index is 954. The van der Waals surface area contributed by atoms with Crippen LogP contribution < -0.4 is 10.1 Å². The molecule has 2 aromatic carbocycles. The lowest BCUT2D eigenvalue weighted by molar-refractivity contribution is -0.385. The topological polar surface area (TPSA) is 99.3 Å². The summed E-state index contributed by atoms with van der Waals surface area (Å²) in [4.78, 5) is 22.8. The number of carbonyl (C=O) groups excluding carboxylic acids is 1. The van der Waals surface area contributed by atoms with Crippen molar-refractivity contribution in [3.63, 3.8) is 0 Å². The summed E-state index contributed by atoms with van der Waals surface area (Å²) in [5.74, 6) is 0.598. The van der Waals surface area contributed by atoms with Crippen LogP contribution in [0.15, 0.2) is 67.0 Å². The van der Waals surface area contributed by atoms with Crippen molar-refractivity contribution in [1.82, 2.24) is 15.1 Å². The summed E-state index contributed by atoms with van der Waals surface area (Å²) in [6.45, 7) is 2.77. The molecule has 0 spiro atoms. The molecule has 8 nitrogen and oxygen atoms in total. The molecule has 0 bridgehead atoms. The van der Waals surface area contributed by atoms with Crippen molar-refractivity contribution >= 4 is 11.6 Å². The van der Waals surface area contributed by atoms with Crippen LogP contribution in [-0.2, 0) is 11.3 Å². The summed E-state index contributed by atoms with van der Waals surface area (Å²) in [6.07, 6.45) is 2.64. The van der Waals surface area contributed by atoms with Gasteiger partial charge in [-0.25, -0.2) is 0 Å². The molecule has 3 aromatic rings. The van der Waals surface area contributed by atoms with Crippen molar-refractivity contribution in [3.8, 4) is 5.75 Å². The highest BCUT2D eigenvalue weighted by molar-refractivity contribution is 5.77. The van der Waals surface area contributed by atoms with Crippen LogP contribution >= 0.6 is 0 Å². The Labute approximate surface area is 168 Å². The summed E-state index contributed by atoms with van der Waals surface area (Å²) < 4.78 is 6.88. The van der Waals surface area contributed by atoms with Gasteiger partial charge in [0.05, 0.1) is 17.6 Å². The number of rotatable bonds is 9. The van der Waals surface area contributed by atoms with E-state index in [-0.39, 0.29) is 30.6 Å². The van der Waals surface area contributed by atoms with Crippen LogP contribution in [0.4, 0.5) is 5.69 Å². The Morgan fingerprint density at radius 1 is 1.17 bits per heavy atom. The van der Waals surface area contributed by atoms with Crippen LogP contribution in [-0.4, -0.2) is 27.2 Å². The van der Waals surface area contributed by atoms with Crippen LogP contribution in [0.3, 0.4) is 0 Å². The zero-order chi connectivity index (χ0) is 20.6. The van der Waals surface area contributed by atoms with Gasteiger partial charge in [-0.3, -0.25) is 19.6 Å². The molecule has 0 aliphatic rings. The number of hydrogen-bond acceptors (Lipinski definition) is 5. The number of nitrogens with zero attached hydrogens (tertiary/aromatic N) is 3. The Morgan fingerprint density at radius 3 is 2.48 bits per heavy atom. The fraction of sp³-hybridized carbons (Fsp3) is 0.238. The van der Waals surface area contributed by atoms with Gasteiger partial charge in [-0.05, 0) is 30.2 Å². The summed E-state index contributed by atoms with van der Waals surface area (Å²) >= 11 is 0. The minimum absolute atomic E-state index is 0.0954. The normalized spacial score (nSPS) is 11.6. The predicted octanol–water partition coefficient (Wildman–Crippen LogP) is 3.49. The Balaban J connectivity index is 1.70. The van der Waals surface area contributed by atoms with Gasteiger partial charge in [0, 0.05) is 13.0 Å². The maximum atomic E-state index is 12.6. The monoisotopic (exact) mass is 394 g/mol. The SMILES string of the molecule is CCOc1ccc(C(NC(=O)CCn2cc([N+](=O)[O-])cn2)c2ccccc2)cc1. The quantitative estimate of drug-likeness (QED) is 0.442. The largest absolute Gasteiger partial charge is 0.494 e. The minimum Gasteiger partial charge on any atom is -0.494 e. The van der Waals surface area contributed by atoms with Gasteiger partial charge in [0.25, 0.3) is 0 Å². The summed E-state index contributed by atoms with van der Waals surface area (Å²) in [7, 11) is 0. The Hall–Kier alpha value is -3.68. The maximum Gasteiger partial charge on any atom is 0.306 e. The first-order chi connectivity index (χ1) is 14.1. The molecule has 0 aliphatic carbocycles. The number of nitro groups is 1. The second-order valence-corrected chi connectivity index (χ2v) is 6.38. The minimum atomic E-state index is -0.513. The van der Waals surface area contributed by atoms with E-state index in [4.69, 9.17) is 4.74 Å². The Morgan fingerprint density at radius 2 is 1.86 bits per heavy atom. The zero-order valence-electron chi connectivity index (χ0n) is 16.0. The van der Waals surface area contributed by atoms with Gasteiger partial charge < -0.3 is 10.1 Å². The van der Waals surface area contributed by atoms with Crippen LogP contribution in [0.25, 0.3) is 0 Å². The summed E-state index contributed by atoms with van der Waals surface area (Å²) in [5.41, 5.74) is 1.80. The molecule has 8 heteroatoms. The molecule has 150 valence electrons. The fourth-order valence-corrected chi connectivity index (χ4v) is 2.95. The van der Waals surface area contributed by atoms with Crippen molar-refractivity contribution < 1.29 is 14.5 Å². The molecule has 1 atom stereocenters. The standard InChI is InChI=1S/C21H22N4O4/c1-2-29-19-10-8-17(9-11-19)21(16-6-4-3-5-7-16)23-20(26)12-13-24-15-18(14-22-24)25(27)28/h3-11,14-15,21H,2,12-13H2,1H3,(H,23,26). The van der Waals surface area contributed by atoms with E-state index in [1.165, 1.54) is 17.1 Å². The van der Waals surface area contributed by atoms with E-state index in [1.807, 2.05) is 61.5 Å². The molecular weight excluding hydrogens is 372 g/mol. The van der Waals surface area contributed by atoms with E-state index in [0.29, 0.717) is 6.61 Å². The molecule has 29 heavy (non-hydrogen) atoms. The Kier molecular flexibility index (Phi) is 6.57. The number of ether oxygens (including phenoxy) is 1. The van der Waals surface area contributed by atoms with Gasteiger partial charge in [-0.2, -0.15) is 5.10 Å². The van der Waals surface area contributed by atoms with Gasteiger partial charge in [0.1, 0.15) is 18.1 Å². The molecule has 0 radical (unpaired) electrons. The highest BCUT2D eigenvalue weighted by Gasteiger charge is 2.17. The fourth-order valence-electron chi connectivity index (χ4n) is 2.95. The maximum absolute atomic E-state index is 12.6. The number of benzene rings is 2. The molecule has 1 amide bonds. The number of aryl methyl sites for hydroxylation is 1. The second-order valence-electron chi connectivity index (χ2n) is 6.38. The second kappa shape index (κ2) is 9.50. The molecule has 0 saturated heterocycles. The van der Waals surface area contributed by atoms with Crippen LogP contribution in [0, 0.1) is 10.1 Å². The molecule has 3 rings (SSSR count). The lowest BCUT2D eigenvalue weighted by Crippen LogP contribution is -2.30. The average molecular weight is 394 g/mol. The van der Waals surface area contributed by atoms with Crippen molar-refractivity contribution in [2.75, 3.05) is 6.61 Å². The molecule has 1 N–H and O–H groups in total. The lowest BCUT2D eigenvalue weighted by Gasteiger charge is -2.20. The van der Waals surface area contributed by atoms with E-state index in [9.17, 15) is 14.9 Å². The van der Waals surface area contributed by atoms with Gasteiger partial charge in [-0.1, -0.05) is 42.5 Å². The van der Waals surface area contributed by atoms with Crippen molar-refractivity contribution in [3.05, 3.63) is 88.2 Å². The summed E-state index contributed by atoms with van der Waals surface area (Å²) in [6, 6.07) is 17.0. The number of nitrogens with one attached hydrogen (secondary N) is 1. The van der Waals surface area contributed by atoms with Gasteiger partial charge >= 0.3 is 5.69 Å². The zero-order valence-corrected chi connectivity index (χ0v) is 16.0. The third kappa shape index (κ3) is 5.41. The first-order valence-electron chi connectivity index (χ1n) is 9.30. The first-order valence-corrected chi connectivity index (χ1v) is 9.30. The first kappa shape index (κ1) is 20.1.